The number of anilines is 1. The summed E-state index contributed by atoms with van der Waals surface area (Å²) >= 11 is 6.01. The van der Waals surface area contributed by atoms with E-state index in [-0.39, 0.29) is 6.10 Å². The summed E-state index contributed by atoms with van der Waals surface area (Å²) in [6.45, 7) is 4.63. The van der Waals surface area contributed by atoms with E-state index in [0.717, 1.165) is 30.3 Å². The molecule has 1 rings (SSSR count). The normalized spacial score (nSPS) is 12.4. The Labute approximate surface area is 102 Å². The summed E-state index contributed by atoms with van der Waals surface area (Å²) < 4.78 is 5.13. The van der Waals surface area contributed by atoms with Crippen molar-refractivity contribution in [3.05, 3.63) is 29.3 Å². The van der Waals surface area contributed by atoms with Crippen molar-refractivity contribution in [2.75, 3.05) is 32.1 Å². The fraction of sp³-hybridized carbons (Fsp3) is 0.500. The van der Waals surface area contributed by atoms with E-state index in [1.165, 1.54) is 0 Å². The lowest BCUT2D eigenvalue weighted by atomic mass is 10.3. The molecular formula is C12H19ClN2O. The van der Waals surface area contributed by atoms with Gasteiger partial charge in [-0.2, -0.15) is 0 Å². The predicted octanol–water partition coefficient (Wildman–Crippen LogP) is 2.38. The molecule has 0 bridgehead atoms. The summed E-state index contributed by atoms with van der Waals surface area (Å²) in [5, 5.41) is 7.32. The fourth-order valence-electron chi connectivity index (χ4n) is 1.28. The lowest BCUT2D eigenvalue weighted by Crippen LogP contribution is -2.30. The van der Waals surface area contributed by atoms with E-state index in [9.17, 15) is 0 Å². The zero-order valence-corrected chi connectivity index (χ0v) is 10.6. The standard InChI is InChI=1S/C12H19ClN2O/c1-10(16-2)9-14-7-8-15-12-6-4-3-5-11(12)13/h3-6,10,14-15H,7-9H2,1-2H3. The molecule has 2 N–H and O–H groups in total. The zero-order chi connectivity index (χ0) is 11.8. The van der Waals surface area contributed by atoms with E-state index < -0.39 is 0 Å². The highest BCUT2D eigenvalue weighted by atomic mass is 35.5. The summed E-state index contributed by atoms with van der Waals surface area (Å²) in [4.78, 5) is 0. The molecule has 90 valence electrons. The van der Waals surface area contributed by atoms with Gasteiger partial charge in [-0.3, -0.25) is 0 Å². The van der Waals surface area contributed by atoms with Gasteiger partial charge in [0.05, 0.1) is 16.8 Å². The second kappa shape index (κ2) is 7.49. The van der Waals surface area contributed by atoms with Crippen molar-refractivity contribution >= 4 is 17.3 Å². The number of benzene rings is 1. The Morgan fingerprint density at radius 3 is 2.75 bits per heavy atom. The molecule has 1 aromatic rings. The van der Waals surface area contributed by atoms with Gasteiger partial charge in [-0.15, -0.1) is 0 Å². The van der Waals surface area contributed by atoms with Crippen LogP contribution >= 0.6 is 11.6 Å². The van der Waals surface area contributed by atoms with Crippen LogP contribution in [0.15, 0.2) is 24.3 Å². The third-order valence-electron chi connectivity index (χ3n) is 2.33. The van der Waals surface area contributed by atoms with Crippen LogP contribution in [0.1, 0.15) is 6.92 Å². The van der Waals surface area contributed by atoms with Crippen LogP contribution in [0.25, 0.3) is 0 Å². The molecule has 1 unspecified atom stereocenters. The number of para-hydroxylation sites is 1. The van der Waals surface area contributed by atoms with Gasteiger partial charge in [-0.1, -0.05) is 23.7 Å². The quantitative estimate of drug-likeness (QED) is 0.721. The summed E-state index contributed by atoms with van der Waals surface area (Å²) in [7, 11) is 1.72. The summed E-state index contributed by atoms with van der Waals surface area (Å²) in [5.74, 6) is 0. The van der Waals surface area contributed by atoms with E-state index in [0.29, 0.717) is 0 Å². The second-order valence-electron chi connectivity index (χ2n) is 3.66. The van der Waals surface area contributed by atoms with Crippen LogP contribution in [0, 0.1) is 0 Å². The van der Waals surface area contributed by atoms with Crippen LogP contribution in [0.3, 0.4) is 0 Å². The second-order valence-corrected chi connectivity index (χ2v) is 4.06. The van der Waals surface area contributed by atoms with Gasteiger partial charge in [0, 0.05) is 26.7 Å². The monoisotopic (exact) mass is 242 g/mol. The largest absolute Gasteiger partial charge is 0.383 e. The third kappa shape index (κ3) is 4.84. The number of ether oxygens (including phenoxy) is 1. The fourth-order valence-corrected chi connectivity index (χ4v) is 1.48. The molecule has 0 aliphatic rings. The number of nitrogens with one attached hydrogen (secondary N) is 2. The number of methoxy groups -OCH3 is 1. The number of rotatable bonds is 7. The van der Waals surface area contributed by atoms with Crippen LogP contribution in [-0.2, 0) is 4.74 Å². The summed E-state index contributed by atoms with van der Waals surface area (Å²) in [5.41, 5.74) is 0.978. The maximum atomic E-state index is 6.01. The Bertz CT molecular complexity index is 307. The molecular weight excluding hydrogens is 224 g/mol. The molecule has 0 aliphatic heterocycles. The Hall–Kier alpha value is -0.770. The summed E-state index contributed by atoms with van der Waals surface area (Å²) in [6, 6.07) is 7.74. The SMILES string of the molecule is COC(C)CNCCNc1ccccc1Cl. The molecule has 1 aromatic carbocycles. The minimum Gasteiger partial charge on any atom is -0.383 e. The van der Waals surface area contributed by atoms with Gasteiger partial charge in [-0.25, -0.2) is 0 Å². The first-order chi connectivity index (χ1) is 7.74. The number of hydrogen-bond donors (Lipinski definition) is 2. The van der Waals surface area contributed by atoms with E-state index in [2.05, 4.69) is 10.6 Å². The van der Waals surface area contributed by atoms with Crippen molar-refractivity contribution in [1.82, 2.24) is 5.32 Å². The van der Waals surface area contributed by atoms with Crippen molar-refractivity contribution in [2.45, 2.75) is 13.0 Å². The zero-order valence-electron chi connectivity index (χ0n) is 9.79. The van der Waals surface area contributed by atoms with Gasteiger partial charge in [0.15, 0.2) is 0 Å². The van der Waals surface area contributed by atoms with Gasteiger partial charge in [0.25, 0.3) is 0 Å². The maximum Gasteiger partial charge on any atom is 0.0667 e. The van der Waals surface area contributed by atoms with Crippen LogP contribution in [-0.4, -0.2) is 32.8 Å². The molecule has 4 heteroatoms. The molecule has 1 atom stereocenters. The van der Waals surface area contributed by atoms with E-state index in [1.54, 1.807) is 7.11 Å². The van der Waals surface area contributed by atoms with Crippen molar-refractivity contribution in [2.24, 2.45) is 0 Å². The average molecular weight is 243 g/mol. The lowest BCUT2D eigenvalue weighted by Gasteiger charge is -2.12. The molecule has 0 heterocycles. The highest BCUT2D eigenvalue weighted by molar-refractivity contribution is 6.33. The third-order valence-corrected chi connectivity index (χ3v) is 2.65. The van der Waals surface area contributed by atoms with Crippen LogP contribution in [0.5, 0.6) is 0 Å². The highest BCUT2D eigenvalue weighted by Gasteiger charge is 1.98. The van der Waals surface area contributed by atoms with Crippen molar-refractivity contribution in [3.63, 3.8) is 0 Å². The van der Waals surface area contributed by atoms with Gasteiger partial charge in [0.2, 0.25) is 0 Å². The molecule has 0 aromatic heterocycles. The van der Waals surface area contributed by atoms with Crippen LogP contribution in [0.4, 0.5) is 5.69 Å². The first-order valence-electron chi connectivity index (χ1n) is 5.46. The minimum atomic E-state index is 0.250. The molecule has 0 saturated heterocycles. The molecule has 0 radical (unpaired) electrons. The van der Waals surface area contributed by atoms with E-state index in [4.69, 9.17) is 16.3 Å². The number of hydrogen-bond acceptors (Lipinski definition) is 3. The minimum absolute atomic E-state index is 0.250. The lowest BCUT2D eigenvalue weighted by molar-refractivity contribution is 0.117. The Morgan fingerprint density at radius 1 is 1.31 bits per heavy atom. The van der Waals surface area contributed by atoms with Crippen molar-refractivity contribution in [1.29, 1.82) is 0 Å². The van der Waals surface area contributed by atoms with Crippen LogP contribution < -0.4 is 10.6 Å². The average Bonchev–Trinajstić information content (AvgIpc) is 2.30. The van der Waals surface area contributed by atoms with Gasteiger partial charge < -0.3 is 15.4 Å². The molecule has 0 fully saturated rings. The first-order valence-corrected chi connectivity index (χ1v) is 5.83. The molecule has 0 amide bonds. The number of halogens is 1. The Balaban J connectivity index is 2.14. The molecule has 0 spiro atoms. The van der Waals surface area contributed by atoms with E-state index >= 15 is 0 Å². The van der Waals surface area contributed by atoms with Gasteiger partial charge in [-0.05, 0) is 19.1 Å². The highest BCUT2D eigenvalue weighted by Crippen LogP contribution is 2.19. The molecule has 0 aliphatic carbocycles. The van der Waals surface area contributed by atoms with Crippen LogP contribution in [0.2, 0.25) is 5.02 Å². The molecule has 16 heavy (non-hydrogen) atoms. The van der Waals surface area contributed by atoms with Gasteiger partial charge >= 0.3 is 0 Å². The van der Waals surface area contributed by atoms with Gasteiger partial charge in [0.1, 0.15) is 0 Å². The van der Waals surface area contributed by atoms with E-state index in [1.807, 2.05) is 31.2 Å². The summed E-state index contributed by atoms with van der Waals surface area (Å²) in [6.07, 6.45) is 0.250. The van der Waals surface area contributed by atoms with Crippen molar-refractivity contribution < 1.29 is 4.74 Å². The first kappa shape index (κ1) is 13.3. The smallest absolute Gasteiger partial charge is 0.0667 e. The van der Waals surface area contributed by atoms with Crippen molar-refractivity contribution in [3.8, 4) is 0 Å². The predicted molar refractivity (Wildman–Crippen MR) is 69.3 cm³/mol. The Kier molecular flexibility index (Phi) is 6.23. The molecule has 0 saturated carbocycles. The Morgan fingerprint density at radius 2 is 2.06 bits per heavy atom. The topological polar surface area (TPSA) is 33.3 Å². The molecule has 3 nitrogen and oxygen atoms in total. The maximum absolute atomic E-state index is 6.01.